The van der Waals surface area contributed by atoms with E-state index in [0.29, 0.717) is 19.6 Å². The van der Waals surface area contributed by atoms with Gasteiger partial charge in [0.25, 0.3) is 0 Å². The number of anilines is 1. The van der Waals surface area contributed by atoms with E-state index >= 15 is 0 Å². The molecule has 1 rings (SSSR count). The first kappa shape index (κ1) is 15.0. The van der Waals surface area contributed by atoms with Crippen LogP contribution in [0.15, 0.2) is 24.3 Å². The van der Waals surface area contributed by atoms with Crippen molar-refractivity contribution in [1.82, 2.24) is 0 Å². The molecule has 0 bridgehead atoms. The average Bonchev–Trinajstić information content (AvgIpc) is 2.37. The number of hydroxylamine groups is 3. The number of likely N-dealkylation sites (N-methyl/N-ethyl adjacent to an activating group) is 1. The number of aliphatic hydroxyl groups excluding tert-OH is 1. The zero-order valence-corrected chi connectivity index (χ0v) is 11.4. The fourth-order valence-electron chi connectivity index (χ4n) is 1.89. The van der Waals surface area contributed by atoms with Crippen molar-refractivity contribution in [3.8, 4) is 0 Å². The number of nitrogens with zero attached hydrogens (tertiary/aromatic N) is 1. The predicted octanol–water partition coefficient (Wildman–Crippen LogP) is 2.02. The lowest BCUT2D eigenvalue weighted by atomic mass is 10.2. The Hall–Kier alpha value is -1.10. The lowest BCUT2D eigenvalue weighted by molar-refractivity contribution is -1.10. The third-order valence-corrected chi connectivity index (χ3v) is 3.24. The maximum absolute atomic E-state index is 10.1. The highest BCUT2D eigenvalue weighted by Gasteiger charge is 2.21. The number of hydrogen-bond donors (Lipinski definition) is 3. The number of hydrogen-bond acceptors (Lipinski definition) is 3. The molecule has 0 amide bonds. The zero-order chi connectivity index (χ0) is 13.4. The molecule has 102 valence electrons. The molecular weight excluding hydrogens is 228 g/mol. The topological polar surface area (TPSA) is 52.5 Å². The van der Waals surface area contributed by atoms with E-state index in [9.17, 15) is 5.21 Å². The normalized spacial score (nSPS) is 14.2. The van der Waals surface area contributed by atoms with Gasteiger partial charge in [-0.05, 0) is 26.0 Å². The molecule has 3 N–H and O–H groups in total. The van der Waals surface area contributed by atoms with E-state index in [1.165, 1.54) is 5.56 Å². The van der Waals surface area contributed by atoms with E-state index in [-0.39, 0.29) is 11.3 Å². The first-order valence-electron chi connectivity index (χ1n) is 6.60. The maximum atomic E-state index is 10.1. The van der Waals surface area contributed by atoms with Crippen LogP contribution in [0.3, 0.4) is 0 Å². The molecule has 4 nitrogen and oxygen atoms in total. The minimum Gasteiger partial charge on any atom is -0.390 e. The van der Waals surface area contributed by atoms with E-state index < -0.39 is 0 Å². The summed E-state index contributed by atoms with van der Waals surface area (Å²) < 4.78 is -0.0495. The Kier molecular flexibility index (Phi) is 6.12. The highest BCUT2D eigenvalue weighted by Crippen LogP contribution is 2.09. The number of benzene rings is 1. The Morgan fingerprint density at radius 2 is 1.83 bits per heavy atom. The Balaban J connectivity index is 2.27. The molecule has 0 fully saturated rings. The predicted molar refractivity (Wildman–Crippen MR) is 73.7 cm³/mol. The molecule has 0 radical (unpaired) electrons. The molecule has 0 aliphatic carbocycles. The van der Waals surface area contributed by atoms with Crippen LogP contribution in [-0.2, 0) is 0 Å². The van der Waals surface area contributed by atoms with Crippen LogP contribution in [0.2, 0.25) is 0 Å². The SMILES string of the molecule is CC[N+](O)(CCO)CCCNc1ccc(C)cc1. The monoisotopic (exact) mass is 253 g/mol. The summed E-state index contributed by atoms with van der Waals surface area (Å²) in [5.74, 6) is 0. The molecule has 18 heavy (non-hydrogen) atoms. The summed E-state index contributed by atoms with van der Waals surface area (Å²) in [6.07, 6.45) is 0.873. The van der Waals surface area contributed by atoms with Crippen molar-refractivity contribution in [2.45, 2.75) is 20.3 Å². The number of rotatable bonds is 8. The summed E-state index contributed by atoms with van der Waals surface area (Å²) >= 11 is 0. The molecule has 1 atom stereocenters. The number of aliphatic hydroxyl groups is 1. The van der Waals surface area contributed by atoms with Crippen LogP contribution < -0.4 is 5.32 Å². The van der Waals surface area contributed by atoms with Crippen molar-refractivity contribution < 1.29 is 15.0 Å². The van der Waals surface area contributed by atoms with E-state index in [1.807, 2.05) is 6.92 Å². The molecular formula is C14H25N2O2+. The van der Waals surface area contributed by atoms with Crippen LogP contribution in [0.4, 0.5) is 5.69 Å². The van der Waals surface area contributed by atoms with Crippen LogP contribution in [-0.4, -0.2) is 47.7 Å². The van der Waals surface area contributed by atoms with E-state index in [2.05, 4.69) is 36.5 Å². The molecule has 0 aromatic heterocycles. The van der Waals surface area contributed by atoms with Gasteiger partial charge in [0.2, 0.25) is 0 Å². The number of nitrogens with one attached hydrogen (secondary N) is 1. The van der Waals surface area contributed by atoms with Crippen molar-refractivity contribution in [1.29, 1.82) is 0 Å². The Morgan fingerprint density at radius 3 is 2.39 bits per heavy atom. The summed E-state index contributed by atoms with van der Waals surface area (Å²) in [7, 11) is 0. The summed E-state index contributed by atoms with van der Waals surface area (Å²) in [5.41, 5.74) is 2.36. The fraction of sp³-hybridized carbons (Fsp3) is 0.571. The Bertz CT molecular complexity index is 340. The van der Waals surface area contributed by atoms with Crippen LogP contribution in [0.25, 0.3) is 0 Å². The first-order valence-corrected chi connectivity index (χ1v) is 6.60. The quantitative estimate of drug-likeness (QED) is 0.377. The minimum absolute atomic E-state index is 0.0235. The van der Waals surface area contributed by atoms with Crippen molar-refractivity contribution in [2.24, 2.45) is 0 Å². The molecule has 1 aromatic rings. The van der Waals surface area contributed by atoms with E-state index in [0.717, 1.165) is 18.7 Å². The van der Waals surface area contributed by atoms with Gasteiger partial charge in [0.1, 0.15) is 19.6 Å². The third-order valence-electron chi connectivity index (χ3n) is 3.24. The number of quaternary nitrogens is 1. The second-order valence-corrected chi connectivity index (χ2v) is 4.73. The molecule has 1 aromatic carbocycles. The van der Waals surface area contributed by atoms with Crippen molar-refractivity contribution >= 4 is 5.69 Å². The summed E-state index contributed by atoms with van der Waals surface area (Å²) in [4.78, 5) is 0. The smallest absolute Gasteiger partial charge is 0.132 e. The molecule has 0 heterocycles. The third kappa shape index (κ3) is 5.04. The highest BCUT2D eigenvalue weighted by atomic mass is 16.5. The van der Waals surface area contributed by atoms with Gasteiger partial charge in [-0.1, -0.05) is 17.7 Å². The van der Waals surface area contributed by atoms with Gasteiger partial charge in [-0.2, -0.15) is 4.65 Å². The summed E-state index contributed by atoms with van der Waals surface area (Å²) in [6.45, 7) is 6.55. The van der Waals surface area contributed by atoms with Crippen LogP contribution in [0.5, 0.6) is 0 Å². The summed E-state index contributed by atoms with van der Waals surface area (Å²) in [6, 6.07) is 8.27. The van der Waals surface area contributed by atoms with Gasteiger partial charge in [-0.3, -0.25) is 0 Å². The van der Waals surface area contributed by atoms with E-state index in [1.54, 1.807) is 0 Å². The van der Waals surface area contributed by atoms with Crippen LogP contribution in [0.1, 0.15) is 18.9 Å². The zero-order valence-electron chi connectivity index (χ0n) is 11.4. The largest absolute Gasteiger partial charge is 0.390 e. The van der Waals surface area contributed by atoms with Gasteiger partial charge in [0, 0.05) is 18.7 Å². The van der Waals surface area contributed by atoms with Crippen molar-refractivity contribution in [2.75, 3.05) is 38.1 Å². The average molecular weight is 253 g/mol. The van der Waals surface area contributed by atoms with Gasteiger partial charge < -0.3 is 10.4 Å². The van der Waals surface area contributed by atoms with Gasteiger partial charge in [0.15, 0.2) is 0 Å². The van der Waals surface area contributed by atoms with E-state index in [4.69, 9.17) is 5.11 Å². The van der Waals surface area contributed by atoms with Gasteiger partial charge >= 0.3 is 0 Å². The van der Waals surface area contributed by atoms with Gasteiger partial charge in [0.05, 0.1) is 6.61 Å². The minimum atomic E-state index is -0.0495. The fourth-order valence-corrected chi connectivity index (χ4v) is 1.89. The van der Waals surface area contributed by atoms with Crippen LogP contribution in [0, 0.1) is 6.92 Å². The van der Waals surface area contributed by atoms with Crippen molar-refractivity contribution in [3.63, 3.8) is 0 Å². The van der Waals surface area contributed by atoms with Gasteiger partial charge in [-0.15, -0.1) is 0 Å². The van der Waals surface area contributed by atoms with Gasteiger partial charge in [-0.25, -0.2) is 5.21 Å². The second-order valence-electron chi connectivity index (χ2n) is 4.73. The molecule has 0 saturated heterocycles. The Morgan fingerprint density at radius 1 is 1.17 bits per heavy atom. The highest BCUT2D eigenvalue weighted by molar-refractivity contribution is 5.44. The lowest BCUT2D eigenvalue weighted by Crippen LogP contribution is -2.47. The maximum Gasteiger partial charge on any atom is 0.132 e. The Labute approximate surface area is 109 Å². The molecule has 0 saturated carbocycles. The van der Waals surface area contributed by atoms with Crippen molar-refractivity contribution in [3.05, 3.63) is 29.8 Å². The first-order chi connectivity index (χ1) is 8.59. The molecule has 1 unspecified atom stereocenters. The molecule has 4 heteroatoms. The number of aryl methyl sites for hydroxylation is 1. The lowest BCUT2D eigenvalue weighted by Gasteiger charge is -2.28. The molecule has 0 aliphatic heterocycles. The van der Waals surface area contributed by atoms with Crippen LogP contribution >= 0.6 is 0 Å². The molecule has 0 aliphatic rings. The summed E-state index contributed by atoms with van der Waals surface area (Å²) in [5, 5.41) is 22.3. The second kappa shape index (κ2) is 7.36. The standard InChI is InChI=1S/C14H25N2O2/c1-3-16(18,11-12-17)10-4-9-15-14-7-5-13(2)6-8-14/h5-8,15,17-18H,3-4,9-12H2,1-2H3/q+1. The molecule has 0 spiro atoms.